The molecule has 12 heteroatoms. The summed E-state index contributed by atoms with van der Waals surface area (Å²) in [7, 11) is -6.91. The topological polar surface area (TPSA) is 144 Å². The van der Waals surface area contributed by atoms with E-state index in [2.05, 4.69) is 4.98 Å². The van der Waals surface area contributed by atoms with Gasteiger partial charge in [-0.2, -0.15) is 3.71 Å². The third-order valence-corrected chi connectivity index (χ3v) is 9.31. The number of methoxy groups -OCH3 is 1. The molecule has 206 valence electrons. The molecule has 4 rings (SSSR count). The van der Waals surface area contributed by atoms with Crippen molar-refractivity contribution in [2.24, 2.45) is 0 Å². The Labute approximate surface area is 226 Å². The lowest BCUT2D eigenvalue weighted by Crippen LogP contribution is -2.35. The Kier molecular flexibility index (Phi) is 6.98. The number of hydrogen-bond acceptors (Lipinski definition) is 8. The van der Waals surface area contributed by atoms with Crippen LogP contribution in [0.1, 0.15) is 26.3 Å². The molecule has 0 fully saturated rings. The fraction of sp³-hybridized carbons (Fsp3) is 0.259. The predicted molar refractivity (Wildman–Crippen MR) is 151 cm³/mol. The van der Waals surface area contributed by atoms with Crippen LogP contribution in [0.25, 0.3) is 33.2 Å². The zero-order valence-electron chi connectivity index (χ0n) is 22.2. The Hall–Kier alpha value is -3.90. The molecular weight excluding hydrogens is 544 g/mol. The molecule has 0 bridgehead atoms. The molecule has 0 aliphatic rings. The Morgan fingerprint density at radius 3 is 2.13 bits per heavy atom. The molecule has 2 heterocycles. The quantitative estimate of drug-likeness (QED) is 0.367. The lowest BCUT2D eigenvalue weighted by molar-refractivity contribution is 0.397. The van der Waals surface area contributed by atoms with Crippen molar-refractivity contribution < 1.29 is 26.0 Å². The number of fused-ring (bicyclic) bond motifs is 1. The van der Waals surface area contributed by atoms with Crippen molar-refractivity contribution in [2.75, 3.05) is 23.3 Å². The third-order valence-electron chi connectivity index (χ3n) is 6.05. The van der Waals surface area contributed by atoms with Crippen LogP contribution >= 0.6 is 0 Å². The lowest BCUT2D eigenvalue weighted by Gasteiger charge is -2.25. The van der Waals surface area contributed by atoms with Crippen molar-refractivity contribution >= 4 is 36.5 Å². The summed E-state index contributed by atoms with van der Waals surface area (Å²) in [4.78, 5) is 28.4. The van der Waals surface area contributed by atoms with Crippen molar-refractivity contribution in [1.29, 1.82) is 0 Å². The van der Waals surface area contributed by atoms with E-state index in [0.717, 1.165) is 24.1 Å². The number of benzene rings is 2. The number of pyridine rings is 1. The average Bonchev–Trinajstić information content (AvgIpc) is 2.81. The SMILES string of the molecule is COc1c(-c2cc3ccc(N(S(C)(=O)=O)S(C)(=O)=O)cc3c(=O)o2)cc(-c2ccc[nH]c2=O)cc1C(C)(C)C. The monoisotopic (exact) mass is 572 g/mol. The van der Waals surface area contributed by atoms with Gasteiger partial charge in [0.15, 0.2) is 0 Å². The molecule has 2 aromatic heterocycles. The van der Waals surface area contributed by atoms with Crippen LogP contribution in [0, 0.1) is 0 Å². The molecular formula is C27H28N2O8S2. The van der Waals surface area contributed by atoms with Crippen LogP contribution in [0.3, 0.4) is 0 Å². The molecule has 1 N–H and O–H groups in total. The van der Waals surface area contributed by atoms with E-state index in [-0.39, 0.29) is 26.1 Å². The number of ether oxygens (including phenoxy) is 1. The predicted octanol–water partition coefficient (Wildman–Crippen LogP) is 3.85. The highest BCUT2D eigenvalue weighted by atomic mass is 32.3. The van der Waals surface area contributed by atoms with Gasteiger partial charge >= 0.3 is 5.63 Å². The molecule has 4 aromatic rings. The number of H-pyrrole nitrogens is 1. The molecule has 0 aliphatic carbocycles. The van der Waals surface area contributed by atoms with E-state index in [0.29, 0.717) is 27.8 Å². The Morgan fingerprint density at radius 1 is 0.897 bits per heavy atom. The van der Waals surface area contributed by atoms with Gasteiger partial charge in [0.1, 0.15) is 11.5 Å². The molecule has 0 atom stereocenters. The summed E-state index contributed by atoms with van der Waals surface area (Å²) in [6.45, 7) is 5.96. The van der Waals surface area contributed by atoms with Crippen molar-refractivity contribution in [1.82, 2.24) is 4.98 Å². The van der Waals surface area contributed by atoms with Crippen LogP contribution in [0.4, 0.5) is 5.69 Å². The molecule has 0 amide bonds. The number of anilines is 1. The van der Waals surface area contributed by atoms with Crippen molar-refractivity contribution in [3.8, 4) is 28.2 Å². The van der Waals surface area contributed by atoms with Crippen molar-refractivity contribution in [3.05, 3.63) is 81.1 Å². The van der Waals surface area contributed by atoms with Crippen LogP contribution in [-0.2, 0) is 25.5 Å². The number of nitrogens with one attached hydrogen (secondary N) is 1. The highest BCUT2D eigenvalue weighted by Crippen LogP contribution is 2.42. The minimum Gasteiger partial charge on any atom is -0.496 e. The Balaban J connectivity index is 2.01. The van der Waals surface area contributed by atoms with Crippen molar-refractivity contribution in [3.63, 3.8) is 0 Å². The van der Waals surface area contributed by atoms with E-state index < -0.39 is 31.1 Å². The van der Waals surface area contributed by atoms with Gasteiger partial charge in [0, 0.05) is 17.3 Å². The fourth-order valence-electron chi connectivity index (χ4n) is 4.44. The Morgan fingerprint density at radius 2 is 1.56 bits per heavy atom. The zero-order chi connectivity index (χ0) is 28.9. The maximum Gasteiger partial charge on any atom is 0.344 e. The van der Waals surface area contributed by atoms with Gasteiger partial charge in [-0.25, -0.2) is 21.6 Å². The summed E-state index contributed by atoms with van der Waals surface area (Å²) in [5.74, 6) is 0.609. The van der Waals surface area contributed by atoms with Crippen LogP contribution < -0.4 is 19.6 Å². The first-order valence-corrected chi connectivity index (χ1v) is 15.4. The smallest absolute Gasteiger partial charge is 0.344 e. The lowest BCUT2D eigenvalue weighted by atomic mass is 9.82. The number of nitrogens with zero attached hydrogens (tertiary/aromatic N) is 1. The first-order chi connectivity index (χ1) is 18.0. The van der Waals surface area contributed by atoms with E-state index in [4.69, 9.17) is 9.15 Å². The van der Waals surface area contributed by atoms with Gasteiger partial charge in [0.2, 0.25) is 20.0 Å². The second-order valence-corrected chi connectivity index (χ2v) is 14.1. The largest absolute Gasteiger partial charge is 0.496 e. The first kappa shape index (κ1) is 28.1. The normalized spacial score (nSPS) is 12.5. The number of aromatic nitrogens is 1. The number of aromatic amines is 1. The molecule has 10 nitrogen and oxygen atoms in total. The number of rotatable bonds is 6. The molecule has 39 heavy (non-hydrogen) atoms. The van der Waals surface area contributed by atoms with Gasteiger partial charge in [0.05, 0.1) is 36.3 Å². The molecule has 0 saturated carbocycles. The molecule has 0 saturated heterocycles. The summed E-state index contributed by atoms with van der Waals surface area (Å²) in [5, 5.41) is 0.369. The molecule has 2 aromatic carbocycles. The number of hydrogen-bond donors (Lipinski definition) is 1. The molecule has 0 aliphatic heterocycles. The number of sulfonamides is 2. The third kappa shape index (κ3) is 5.48. The molecule has 0 radical (unpaired) electrons. The van der Waals surface area contributed by atoms with Crippen LogP contribution in [-0.4, -0.2) is 41.4 Å². The van der Waals surface area contributed by atoms with Gasteiger partial charge in [0.25, 0.3) is 5.56 Å². The van der Waals surface area contributed by atoms with Crippen molar-refractivity contribution in [2.45, 2.75) is 26.2 Å². The minimum atomic E-state index is -4.20. The second-order valence-electron chi connectivity index (χ2n) is 10.2. The van der Waals surface area contributed by atoms with Gasteiger partial charge in [-0.3, -0.25) is 4.79 Å². The van der Waals surface area contributed by atoms with Gasteiger partial charge < -0.3 is 14.1 Å². The van der Waals surface area contributed by atoms with E-state index in [9.17, 15) is 26.4 Å². The standard InChI is InChI=1S/C27H28N2O8S2/c1-27(2,3)22-13-17(19-8-7-11-28-25(19)30)12-21(24(22)36-4)23-14-16-9-10-18(15-20(16)26(31)37-23)29(38(5,32)33)39(6,34)35/h7-15H,1-6H3,(H,28,30). The van der Waals surface area contributed by atoms with Gasteiger partial charge in [-0.1, -0.05) is 26.8 Å². The van der Waals surface area contributed by atoms with E-state index >= 15 is 0 Å². The summed E-state index contributed by atoms with van der Waals surface area (Å²) in [6, 6.07) is 12.4. The summed E-state index contributed by atoms with van der Waals surface area (Å²) in [6.07, 6.45) is 3.05. The van der Waals surface area contributed by atoms with Crippen LogP contribution in [0.15, 0.2) is 68.7 Å². The maximum absolute atomic E-state index is 13.2. The molecule has 0 spiro atoms. The van der Waals surface area contributed by atoms with Crippen LogP contribution in [0.5, 0.6) is 5.75 Å². The van der Waals surface area contributed by atoms with E-state index in [1.54, 1.807) is 24.3 Å². The van der Waals surface area contributed by atoms with E-state index in [1.807, 2.05) is 26.8 Å². The summed E-state index contributed by atoms with van der Waals surface area (Å²) < 4.78 is 60.5. The second kappa shape index (κ2) is 9.69. The highest BCUT2D eigenvalue weighted by molar-refractivity contribution is 8.09. The first-order valence-electron chi connectivity index (χ1n) is 11.7. The van der Waals surface area contributed by atoms with Gasteiger partial charge in [-0.15, -0.1) is 0 Å². The summed E-state index contributed by atoms with van der Waals surface area (Å²) >= 11 is 0. The zero-order valence-corrected chi connectivity index (χ0v) is 23.9. The average molecular weight is 573 g/mol. The fourth-order valence-corrected chi connectivity index (χ4v) is 7.40. The van der Waals surface area contributed by atoms with Gasteiger partial charge in [-0.05, 0) is 58.8 Å². The molecule has 0 unspecified atom stereocenters. The van der Waals surface area contributed by atoms with Crippen LogP contribution in [0.2, 0.25) is 0 Å². The maximum atomic E-state index is 13.2. The Bertz CT molecular complexity index is 1900. The van der Waals surface area contributed by atoms with E-state index in [1.165, 1.54) is 25.4 Å². The minimum absolute atomic E-state index is 0.0146. The highest BCUT2D eigenvalue weighted by Gasteiger charge is 2.28. The summed E-state index contributed by atoms with van der Waals surface area (Å²) in [5.41, 5.74) is 0.482.